The highest BCUT2D eigenvalue weighted by Gasteiger charge is 2.50. The van der Waals surface area contributed by atoms with Gasteiger partial charge in [0.15, 0.2) is 0 Å². The van der Waals surface area contributed by atoms with Gasteiger partial charge in [0.1, 0.15) is 0 Å². The first-order chi connectivity index (χ1) is 37.1. The van der Waals surface area contributed by atoms with Crippen LogP contribution in [0, 0.1) is 13.8 Å². The molecule has 0 spiro atoms. The van der Waals surface area contributed by atoms with E-state index in [1.165, 1.54) is 66.6 Å². The standard InChI is InChI=1S/C72H76BN3/c1-44-36-62-66-63(37-44)76(59-41-54-52(38-45(59)2)68(6,7)34-35-69(54,8)9)61-42-55-53(70(10,11)43-71(55,12)13)40-57(61)73(66)56-32-30-48(74(46-24-18-16-19-25-46)47-26-20-17-21-27-47)39-60(56)75(62)58-33-31-51(67(3,4)5)64-49-28-22-23-29-50(49)72(14,15)65(58)64/h16-33,36-42H,34-35,43H2,1-15H3/i1D3. The number of anilines is 9. The Morgan fingerprint density at radius 2 is 1.03 bits per heavy atom. The molecule has 4 heteroatoms. The lowest BCUT2D eigenvalue weighted by Crippen LogP contribution is -2.61. The van der Waals surface area contributed by atoms with E-state index in [0.29, 0.717) is 5.56 Å². The van der Waals surface area contributed by atoms with Crippen molar-refractivity contribution in [1.82, 2.24) is 0 Å². The van der Waals surface area contributed by atoms with E-state index in [1.807, 2.05) is 0 Å². The highest BCUT2D eigenvalue weighted by Crippen LogP contribution is 2.59. The summed E-state index contributed by atoms with van der Waals surface area (Å²) >= 11 is 0. The Kier molecular flexibility index (Phi) is 9.64. The van der Waals surface area contributed by atoms with E-state index in [2.05, 4.69) is 263 Å². The second kappa shape index (κ2) is 16.1. The molecule has 2 aliphatic heterocycles. The molecule has 0 radical (unpaired) electrons. The molecule has 0 saturated carbocycles. The number of hydrogen-bond acceptors (Lipinski definition) is 3. The number of nitrogens with zero attached hydrogens (tertiary/aromatic N) is 3. The van der Waals surface area contributed by atoms with Crippen molar-refractivity contribution < 1.29 is 4.11 Å². The molecule has 5 aliphatic rings. The summed E-state index contributed by atoms with van der Waals surface area (Å²) in [6.07, 6.45) is 3.24. The fourth-order valence-corrected chi connectivity index (χ4v) is 15.3. The van der Waals surface area contributed by atoms with E-state index in [1.54, 1.807) is 0 Å². The first kappa shape index (κ1) is 45.4. The maximum Gasteiger partial charge on any atom is 0.252 e. The van der Waals surface area contributed by atoms with Crippen LogP contribution in [0.15, 0.2) is 152 Å². The summed E-state index contributed by atoms with van der Waals surface area (Å²) in [7, 11) is 0. The predicted octanol–water partition coefficient (Wildman–Crippen LogP) is 17.8. The van der Waals surface area contributed by atoms with E-state index >= 15 is 0 Å². The van der Waals surface area contributed by atoms with Crippen molar-refractivity contribution in [2.75, 3.05) is 14.7 Å². The number of para-hydroxylation sites is 2. The number of hydrogen-bond donors (Lipinski definition) is 0. The lowest BCUT2D eigenvalue weighted by Gasteiger charge is -2.47. The van der Waals surface area contributed by atoms with Crippen molar-refractivity contribution in [2.45, 2.75) is 156 Å². The van der Waals surface area contributed by atoms with E-state index in [9.17, 15) is 4.11 Å². The van der Waals surface area contributed by atoms with Gasteiger partial charge in [-0.15, -0.1) is 0 Å². The second-order valence-electron chi connectivity index (χ2n) is 27.4. The Labute approximate surface area is 459 Å². The van der Waals surface area contributed by atoms with Crippen molar-refractivity contribution in [2.24, 2.45) is 0 Å². The van der Waals surface area contributed by atoms with Gasteiger partial charge in [-0.05, 0) is 204 Å². The molecule has 8 aromatic rings. The van der Waals surface area contributed by atoms with Crippen LogP contribution in [0.25, 0.3) is 11.1 Å². The fraction of sp³-hybridized carbons (Fsp3) is 0.333. The summed E-state index contributed by atoms with van der Waals surface area (Å²) in [5.41, 5.74) is 25.7. The zero-order chi connectivity index (χ0) is 55.9. The molecule has 0 atom stereocenters. The van der Waals surface area contributed by atoms with Gasteiger partial charge in [-0.1, -0.05) is 175 Å². The van der Waals surface area contributed by atoms with Crippen molar-refractivity contribution in [1.29, 1.82) is 0 Å². The molecule has 8 aromatic carbocycles. The minimum Gasteiger partial charge on any atom is -0.311 e. The molecule has 13 rings (SSSR count). The van der Waals surface area contributed by atoms with E-state index in [4.69, 9.17) is 0 Å². The summed E-state index contributed by atoms with van der Waals surface area (Å²) in [6.45, 7) is 30.7. The normalized spacial score (nSPS) is 19.0. The largest absolute Gasteiger partial charge is 0.311 e. The van der Waals surface area contributed by atoms with Crippen molar-refractivity contribution in [3.8, 4) is 11.1 Å². The van der Waals surface area contributed by atoms with Gasteiger partial charge in [-0.3, -0.25) is 0 Å². The van der Waals surface area contributed by atoms with E-state index in [0.717, 1.165) is 75.9 Å². The summed E-state index contributed by atoms with van der Waals surface area (Å²) in [5.74, 6) is 0. The second-order valence-corrected chi connectivity index (χ2v) is 27.4. The molecule has 0 fully saturated rings. The topological polar surface area (TPSA) is 9.72 Å². The quantitative estimate of drug-likeness (QED) is 0.159. The molecule has 382 valence electrons. The van der Waals surface area contributed by atoms with Crippen molar-refractivity contribution in [3.63, 3.8) is 0 Å². The number of benzene rings is 8. The van der Waals surface area contributed by atoms with Gasteiger partial charge >= 0.3 is 0 Å². The van der Waals surface area contributed by atoms with Gasteiger partial charge in [-0.2, -0.15) is 0 Å². The number of fused-ring (bicyclic) bond motifs is 9. The Morgan fingerprint density at radius 3 is 1.64 bits per heavy atom. The molecule has 2 heterocycles. The maximum absolute atomic E-state index is 9.46. The summed E-state index contributed by atoms with van der Waals surface area (Å²) in [6, 6.07) is 56.4. The molecular formula is C72H76BN3. The minimum atomic E-state index is -2.42. The van der Waals surface area contributed by atoms with E-state index < -0.39 is 12.3 Å². The van der Waals surface area contributed by atoms with Crippen LogP contribution in [-0.4, -0.2) is 6.71 Å². The third-order valence-corrected chi connectivity index (χ3v) is 19.0. The molecule has 0 N–H and O–H groups in total. The third-order valence-electron chi connectivity index (χ3n) is 19.0. The molecule has 0 aromatic heterocycles. The minimum absolute atomic E-state index is 0.0196. The first-order valence-electron chi connectivity index (χ1n) is 29.6. The Hall–Kier alpha value is -6.78. The zero-order valence-corrected chi connectivity index (χ0v) is 47.5. The molecule has 0 amide bonds. The van der Waals surface area contributed by atoms with Gasteiger partial charge in [-0.25, -0.2) is 0 Å². The van der Waals surface area contributed by atoms with Crippen LogP contribution in [0.2, 0.25) is 0 Å². The molecule has 0 unspecified atom stereocenters. The maximum atomic E-state index is 9.46. The van der Waals surface area contributed by atoms with Crippen LogP contribution < -0.4 is 31.1 Å². The molecule has 76 heavy (non-hydrogen) atoms. The lowest BCUT2D eigenvalue weighted by molar-refractivity contribution is 0.332. The predicted molar refractivity (Wildman–Crippen MR) is 327 cm³/mol. The SMILES string of the molecule is [2H]C([2H])([2H])c1cc2c3c(c1)N(c1ccc(C(C)(C)C)c4c1C(C)(C)c1ccccc1-4)c1cc(N(c4ccccc4)c4ccccc4)ccc1B3c1cc3c(cc1N2c1cc2c(cc1C)C(C)(C)CCC2(C)C)C(C)(C)CC3(C)C. The Morgan fingerprint density at radius 1 is 0.487 bits per heavy atom. The van der Waals surface area contributed by atoms with Gasteiger partial charge in [0.25, 0.3) is 6.71 Å². The van der Waals surface area contributed by atoms with Gasteiger partial charge in [0.2, 0.25) is 0 Å². The molecule has 3 aliphatic carbocycles. The smallest absolute Gasteiger partial charge is 0.252 e. The summed E-state index contributed by atoms with van der Waals surface area (Å²) in [4.78, 5) is 7.39. The zero-order valence-electron chi connectivity index (χ0n) is 50.5. The van der Waals surface area contributed by atoms with Gasteiger partial charge < -0.3 is 14.7 Å². The number of rotatable bonds is 5. The number of aryl methyl sites for hydroxylation is 2. The Bertz CT molecular complexity index is 3820. The van der Waals surface area contributed by atoms with Crippen molar-refractivity contribution >= 4 is 74.3 Å². The summed E-state index contributed by atoms with van der Waals surface area (Å²) < 4.78 is 28.4. The van der Waals surface area contributed by atoms with Crippen LogP contribution in [0.3, 0.4) is 0 Å². The highest BCUT2D eigenvalue weighted by atomic mass is 15.2. The van der Waals surface area contributed by atoms with Crippen LogP contribution in [0.4, 0.5) is 51.2 Å². The van der Waals surface area contributed by atoms with E-state index in [-0.39, 0.29) is 33.8 Å². The first-order valence-corrected chi connectivity index (χ1v) is 28.1. The average Bonchev–Trinajstić information content (AvgIpc) is 2.85. The van der Waals surface area contributed by atoms with Gasteiger partial charge in [0.05, 0.1) is 5.69 Å². The lowest BCUT2D eigenvalue weighted by atomic mass is 9.33. The third kappa shape index (κ3) is 7.00. The molecule has 3 nitrogen and oxygen atoms in total. The average molecular weight is 997 g/mol. The van der Waals surface area contributed by atoms with Crippen LogP contribution >= 0.6 is 0 Å². The fourth-order valence-electron chi connectivity index (χ4n) is 15.3. The van der Waals surface area contributed by atoms with Gasteiger partial charge in [0, 0.05) is 55.0 Å². The van der Waals surface area contributed by atoms with Crippen molar-refractivity contribution in [3.05, 3.63) is 202 Å². The van der Waals surface area contributed by atoms with Crippen LogP contribution in [0.5, 0.6) is 0 Å². The highest BCUT2D eigenvalue weighted by molar-refractivity contribution is 7.00. The molecular weight excluding hydrogens is 918 g/mol. The van der Waals surface area contributed by atoms with Crippen LogP contribution in [-0.2, 0) is 32.5 Å². The molecule has 0 saturated heterocycles. The summed E-state index contributed by atoms with van der Waals surface area (Å²) in [5, 5.41) is 0. The van der Waals surface area contributed by atoms with Crippen LogP contribution in [0.1, 0.15) is 163 Å². The monoisotopic (exact) mass is 997 g/mol. The Balaban J connectivity index is 1.19. The molecule has 0 bridgehead atoms.